The smallest absolute Gasteiger partial charge is 0.218 e. The molecule has 2 unspecified atom stereocenters. The van der Waals surface area contributed by atoms with Crippen LogP contribution in [0.1, 0.15) is 81.6 Å². The molecule has 0 aliphatic rings. The van der Waals surface area contributed by atoms with Gasteiger partial charge in [-0.15, -0.1) is 0 Å². The van der Waals surface area contributed by atoms with E-state index in [1.54, 1.807) is 0 Å². The number of amides is 1. The third-order valence-corrected chi connectivity index (χ3v) is 5.76. The first-order valence-corrected chi connectivity index (χ1v) is 9.39. The van der Waals surface area contributed by atoms with Crippen LogP contribution >= 0.6 is 0 Å². The fraction of sp³-hybridized carbons (Fsp3) is 0.950. The summed E-state index contributed by atoms with van der Waals surface area (Å²) in [5.74, 6) is -0.318. The van der Waals surface area contributed by atoms with E-state index in [1.807, 2.05) is 13.8 Å². The van der Waals surface area contributed by atoms with Gasteiger partial charge in [-0.05, 0) is 42.9 Å². The Morgan fingerprint density at radius 1 is 1.00 bits per heavy atom. The third-order valence-electron chi connectivity index (χ3n) is 5.76. The summed E-state index contributed by atoms with van der Waals surface area (Å²) < 4.78 is 0. The van der Waals surface area contributed by atoms with Crippen molar-refractivity contribution in [3.05, 3.63) is 0 Å². The first-order valence-electron chi connectivity index (χ1n) is 9.39. The minimum atomic E-state index is -0.444. The second kappa shape index (κ2) is 8.36. The number of aliphatic hydroxyl groups is 1. The molecule has 150 valence electrons. The molecule has 0 bridgehead atoms. The van der Waals surface area contributed by atoms with Gasteiger partial charge < -0.3 is 21.9 Å². The van der Waals surface area contributed by atoms with Crippen LogP contribution in [0.2, 0.25) is 0 Å². The molecule has 0 heterocycles. The molecule has 0 radical (unpaired) electrons. The Kier molecular flexibility index (Phi) is 8.14. The van der Waals surface area contributed by atoms with Crippen LogP contribution < -0.4 is 16.8 Å². The number of nitrogens with two attached hydrogens (primary N) is 2. The van der Waals surface area contributed by atoms with E-state index in [1.165, 1.54) is 0 Å². The Bertz CT molecular complexity index is 431. The lowest BCUT2D eigenvalue weighted by Crippen LogP contribution is -2.57. The standard InChI is InChI=1S/C20H43N3O2/c1-17(2,3)13-15(24)19(6,7)18(4,5)12-14(20(8,9)22)23-11-10-16(21)25/h14-15,23-24H,10-13,22H2,1-9H3,(H2,21,25). The van der Waals surface area contributed by atoms with Crippen LogP contribution in [-0.4, -0.2) is 35.2 Å². The molecule has 1 amide bonds. The lowest BCUT2D eigenvalue weighted by molar-refractivity contribution is -0.118. The quantitative estimate of drug-likeness (QED) is 0.483. The molecule has 6 N–H and O–H groups in total. The van der Waals surface area contributed by atoms with Gasteiger partial charge in [-0.25, -0.2) is 0 Å². The van der Waals surface area contributed by atoms with Crippen LogP contribution in [0.4, 0.5) is 0 Å². The molecule has 0 rings (SSSR count). The maximum atomic E-state index is 11.0. The van der Waals surface area contributed by atoms with E-state index < -0.39 is 11.6 Å². The number of aliphatic hydroxyl groups excluding tert-OH is 1. The molecule has 0 saturated carbocycles. The van der Waals surface area contributed by atoms with Crippen molar-refractivity contribution in [2.75, 3.05) is 6.54 Å². The van der Waals surface area contributed by atoms with Gasteiger partial charge in [-0.2, -0.15) is 0 Å². The first kappa shape index (κ1) is 24.4. The number of primary amides is 1. The van der Waals surface area contributed by atoms with Crippen LogP contribution in [-0.2, 0) is 4.79 Å². The summed E-state index contributed by atoms with van der Waals surface area (Å²) >= 11 is 0. The molecule has 0 aromatic carbocycles. The molecule has 2 atom stereocenters. The monoisotopic (exact) mass is 357 g/mol. The Morgan fingerprint density at radius 2 is 1.48 bits per heavy atom. The van der Waals surface area contributed by atoms with Gasteiger partial charge in [0.15, 0.2) is 0 Å². The highest BCUT2D eigenvalue weighted by molar-refractivity contribution is 5.73. The average Bonchev–Trinajstić information content (AvgIpc) is 2.33. The summed E-state index contributed by atoms with van der Waals surface area (Å²) in [7, 11) is 0. The molecular formula is C20H43N3O2. The van der Waals surface area contributed by atoms with Crippen molar-refractivity contribution in [3.63, 3.8) is 0 Å². The zero-order valence-electron chi connectivity index (χ0n) is 18.0. The summed E-state index contributed by atoms with van der Waals surface area (Å²) in [5, 5.41) is 14.3. The molecule has 25 heavy (non-hydrogen) atoms. The summed E-state index contributed by atoms with van der Waals surface area (Å²) in [5.41, 5.74) is 10.8. The van der Waals surface area contributed by atoms with Gasteiger partial charge in [0.2, 0.25) is 5.91 Å². The number of nitrogens with one attached hydrogen (secondary N) is 1. The molecule has 5 nitrogen and oxygen atoms in total. The minimum absolute atomic E-state index is 0.0166. The van der Waals surface area contributed by atoms with E-state index in [9.17, 15) is 9.90 Å². The molecule has 0 aliphatic heterocycles. The van der Waals surface area contributed by atoms with Crippen LogP contribution in [0.5, 0.6) is 0 Å². The number of hydrogen-bond acceptors (Lipinski definition) is 4. The fourth-order valence-corrected chi connectivity index (χ4v) is 3.03. The Balaban J connectivity index is 5.25. The van der Waals surface area contributed by atoms with Gasteiger partial charge in [0.1, 0.15) is 0 Å². The number of carbonyl (C=O) groups excluding carboxylic acids is 1. The first-order chi connectivity index (χ1) is 10.9. The largest absolute Gasteiger partial charge is 0.393 e. The summed E-state index contributed by atoms with van der Waals surface area (Å²) in [6, 6.07) is 0.0166. The van der Waals surface area contributed by atoms with Crippen molar-refractivity contribution in [1.82, 2.24) is 5.32 Å². The topological polar surface area (TPSA) is 101 Å². The SMILES string of the molecule is CC(C)(C)CC(O)C(C)(C)C(C)(C)CC(NCCC(N)=O)C(C)(C)N. The van der Waals surface area contributed by atoms with Crippen molar-refractivity contribution in [2.24, 2.45) is 27.7 Å². The molecular weight excluding hydrogens is 314 g/mol. The van der Waals surface area contributed by atoms with Gasteiger partial charge >= 0.3 is 0 Å². The van der Waals surface area contributed by atoms with Crippen molar-refractivity contribution in [2.45, 2.75) is 99.3 Å². The van der Waals surface area contributed by atoms with E-state index in [2.05, 4.69) is 53.8 Å². The van der Waals surface area contributed by atoms with Crippen LogP contribution in [0, 0.1) is 16.2 Å². The van der Waals surface area contributed by atoms with Crippen molar-refractivity contribution in [3.8, 4) is 0 Å². The van der Waals surface area contributed by atoms with E-state index in [4.69, 9.17) is 11.5 Å². The zero-order valence-corrected chi connectivity index (χ0v) is 18.0. The number of rotatable bonds is 10. The highest BCUT2D eigenvalue weighted by Crippen LogP contribution is 2.47. The molecule has 0 saturated heterocycles. The molecule has 0 aromatic rings. The van der Waals surface area contributed by atoms with Gasteiger partial charge in [0.05, 0.1) is 6.10 Å². The normalized spacial score (nSPS) is 16.6. The van der Waals surface area contributed by atoms with E-state index in [-0.39, 0.29) is 28.2 Å². The lowest BCUT2D eigenvalue weighted by Gasteiger charge is -2.49. The summed E-state index contributed by atoms with van der Waals surface area (Å²) in [6.45, 7) is 19.6. The van der Waals surface area contributed by atoms with Crippen LogP contribution in [0.15, 0.2) is 0 Å². The second-order valence-corrected chi connectivity index (χ2v) is 10.6. The molecule has 0 aromatic heterocycles. The fourth-order valence-electron chi connectivity index (χ4n) is 3.03. The Labute approximate surface area is 155 Å². The average molecular weight is 358 g/mol. The van der Waals surface area contributed by atoms with Crippen molar-refractivity contribution >= 4 is 5.91 Å². The van der Waals surface area contributed by atoms with Crippen molar-refractivity contribution < 1.29 is 9.90 Å². The van der Waals surface area contributed by atoms with E-state index in [0.29, 0.717) is 13.0 Å². The van der Waals surface area contributed by atoms with Gasteiger partial charge in [0, 0.05) is 24.5 Å². The Hall–Kier alpha value is -0.650. The van der Waals surface area contributed by atoms with Crippen LogP contribution in [0.3, 0.4) is 0 Å². The highest BCUT2D eigenvalue weighted by Gasteiger charge is 2.45. The number of carbonyl (C=O) groups is 1. The molecule has 5 heteroatoms. The third kappa shape index (κ3) is 8.06. The van der Waals surface area contributed by atoms with Gasteiger partial charge in [-0.3, -0.25) is 4.79 Å². The van der Waals surface area contributed by atoms with E-state index >= 15 is 0 Å². The van der Waals surface area contributed by atoms with Gasteiger partial charge in [-0.1, -0.05) is 48.5 Å². The van der Waals surface area contributed by atoms with Gasteiger partial charge in [0.25, 0.3) is 0 Å². The lowest BCUT2D eigenvalue weighted by atomic mass is 9.59. The molecule has 0 aliphatic carbocycles. The Morgan fingerprint density at radius 3 is 1.84 bits per heavy atom. The summed E-state index contributed by atoms with van der Waals surface area (Å²) in [4.78, 5) is 11.0. The maximum Gasteiger partial charge on any atom is 0.218 e. The predicted octanol–water partition coefficient (Wildman–Crippen LogP) is 2.80. The molecule has 0 spiro atoms. The zero-order chi connectivity index (χ0) is 20.3. The molecule has 0 fully saturated rings. The van der Waals surface area contributed by atoms with E-state index in [0.717, 1.165) is 12.8 Å². The highest BCUT2D eigenvalue weighted by atomic mass is 16.3. The number of hydrogen-bond donors (Lipinski definition) is 4. The predicted molar refractivity (Wildman–Crippen MR) is 106 cm³/mol. The van der Waals surface area contributed by atoms with Crippen LogP contribution in [0.25, 0.3) is 0 Å². The maximum absolute atomic E-state index is 11.0. The second-order valence-electron chi connectivity index (χ2n) is 10.6. The summed E-state index contributed by atoms with van der Waals surface area (Å²) in [6.07, 6.45) is 1.43. The minimum Gasteiger partial charge on any atom is -0.393 e. The van der Waals surface area contributed by atoms with Crippen molar-refractivity contribution in [1.29, 1.82) is 0 Å².